The summed E-state index contributed by atoms with van der Waals surface area (Å²) < 4.78 is 68.3. The number of ether oxygens (including phenoxy) is 4. The summed E-state index contributed by atoms with van der Waals surface area (Å²) in [7, 11) is -9.99. The van der Waals surface area contributed by atoms with Gasteiger partial charge in [-0.25, -0.2) is 9.13 Å². The molecule has 0 saturated heterocycles. The summed E-state index contributed by atoms with van der Waals surface area (Å²) in [5.41, 5.74) is 0. The maximum Gasteiger partial charge on any atom is 0.472 e. The van der Waals surface area contributed by atoms with Gasteiger partial charge in [0, 0.05) is 19.3 Å². The van der Waals surface area contributed by atoms with Crippen molar-refractivity contribution in [3.8, 4) is 0 Å². The van der Waals surface area contributed by atoms with E-state index in [4.69, 9.17) is 37.0 Å². The van der Waals surface area contributed by atoms with Gasteiger partial charge in [0.05, 0.1) is 32.8 Å². The second-order valence-corrected chi connectivity index (χ2v) is 27.7. The molecular formula is C81H134O17P2. The number of aliphatic hydroxyl groups is 1. The van der Waals surface area contributed by atoms with Crippen LogP contribution in [0.25, 0.3) is 0 Å². The van der Waals surface area contributed by atoms with Crippen molar-refractivity contribution in [1.29, 1.82) is 0 Å². The molecule has 100 heavy (non-hydrogen) atoms. The zero-order valence-electron chi connectivity index (χ0n) is 62.1. The number of phosphoric ester groups is 2. The van der Waals surface area contributed by atoms with E-state index in [0.29, 0.717) is 25.7 Å². The van der Waals surface area contributed by atoms with Gasteiger partial charge in [0.1, 0.15) is 19.3 Å². The van der Waals surface area contributed by atoms with E-state index in [9.17, 15) is 43.2 Å². The van der Waals surface area contributed by atoms with Crippen LogP contribution in [0.2, 0.25) is 0 Å². The van der Waals surface area contributed by atoms with Crippen molar-refractivity contribution in [2.24, 2.45) is 0 Å². The van der Waals surface area contributed by atoms with Crippen molar-refractivity contribution < 1.29 is 80.2 Å². The van der Waals surface area contributed by atoms with Crippen LogP contribution in [0, 0.1) is 0 Å². The van der Waals surface area contributed by atoms with E-state index in [-0.39, 0.29) is 25.7 Å². The van der Waals surface area contributed by atoms with Gasteiger partial charge in [-0.15, -0.1) is 0 Å². The van der Waals surface area contributed by atoms with Crippen molar-refractivity contribution in [3.05, 3.63) is 146 Å². The second kappa shape index (κ2) is 72.3. The summed E-state index contributed by atoms with van der Waals surface area (Å²) in [6.07, 6.45) is 81.6. The minimum absolute atomic E-state index is 0.0887. The number of carbonyl (C=O) groups is 4. The van der Waals surface area contributed by atoms with Crippen molar-refractivity contribution in [1.82, 2.24) is 0 Å². The molecule has 19 heteroatoms. The first-order valence-corrected chi connectivity index (χ1v) is 41.1. The smallest absolute Gasteiger partial charge is 0.462 e. The van der Waals surface area contributed by atoms with Gasteiger partial charge < -0.3 is 33.8 Å². The predicted octanol–water partition coefficient (Wildman–Crippen LogP) is 21.9. The highest BCUT2D eigenvalue weighted by molar-refractivity contribution is 7.47. The number of phosphoric acid groups is 2. The molecule has 3 N–H and O–H groups in total. The number of rotatable bonds is 70. The average Bonchev–Trinajstić information content (AvgIpc) is 1.02. The van der Waals surface area contributed by atoms with Gasteiger partial charge in [-0.1, -0.05) is 283 Å². The SMILES string of the molecule is CC/C=C\C/C=C\C/C=C\C/C=C\C/C=C\CC(=O)OC(COC(=O)CCCCCC/C=C\C/C=C\C/C=C\C/C=C\CC)COP(=O)(O)OCC(O)COP(=O)(O)OCC(COC(=O)CCCCCCCCC/C=C\C/C=C\C/C=C\CC)OC(=O)CCCCCCCCCCCCC. The highest BCUT2D eigenvalue weighted by atomic mass is 31.2. The number of aliphatic hydroxyl groups excluding tert-OH is 1. The Bertz CT molecular complexity index is 2470. The lowest BCUT2D eigenvalue weighted by Gasteiger charge is -2.21. The molecule has 0 fully saturated rings. The molecule has 0 amide bonds. The maximum atomic E-state index is 13.1. The van der Waals surface area contributed by atoms with Gasteiger partial charge >= 0.3 is 39.5 Å². The van der Waals surface area contributed by atoms with Gasteiger partial charge in [0.2, 0.25) is 0 Å². The fraction of sp³-hybridized carbons (Fsp3) is 0.654. The Morgan fingerprint density at radius 2 is 0.560 bits per heavy atom. The van der Waals surface area contributed by atoms with Crippen LogP contribution < -0.4 is 0 Å². The second-order valence-electron chi connectivity index (χ2n) is 24.8. The highest BCUT2D eigenvalue weighted by Crippen LogP contribution is 2.45. The quantitative estimate of drug-likeness (QED) is 0.0169. The van der Waals surface area contributed by atoms with Crippen LogP contribution in [0.15, 0.2) is 146 Å². The first-order chi connectivity index (χ1) is 48.7. The molecule has 0 spiro atoms. The Labute approximate surface area is 605 Å². The minimum atomic E-state index is -5.01. The number of allylic oxidation sites excluding steroid dienone is 23. The third-order valence-electron chi connectivity index (χ3n) is 15.3. The maximum absolute atomic E-state index is 13.1. The van der Waals surface area contributed by atoms with E-state index in [0.717, 1.165) is 167 Å². The molecule has 0 aliphatic rings. The summed E-state index contributed by atoms with van der Waals surface area (Å²) >= 11 is 0. The van der Waals surface area contributed by atoms with E-state index >= 15 is 0 Å². The zero-order valence-corrected chi connectivity index (χ0v) is 63.9. The average molecular weight is 1440 g/mol. The summed E-state index contributed by atoms with van der Waals surface area (Å²) in [5, 5.41) is 10.6. The molecule has 0 rings (SSSR count). The third kappa shape index (κ3) is 71.3. The van der Waals surface area contributed by atoms with Gasteiger partial charge in [-0.3, -0.25) is 37.3 Å². The Morgan fingerprint density at radius 1 is 0.300 bits per heavy atom. The third-order valence-corrected chi connectivity index (χ3v) is 17.2. The van der Waals surface area contributed by atoms with Crippen molar-refractivity contribution in [2.45, 2.75) is 303 Å². The zero-order chi connectivity index (χ0) is 73.2. The molecule has 0 aliphatic carbocycles. The highest BCUT2D eigenvalue weighted by Gasteiger charge is 2.30. The molecule has 5 unspecified atom stereocenters. The number of carbonyl (C=O) groups excluding carboxylic acids is 4. The molecule has 0 saturated carbocycles. The molecule has 0 heterocycles. The van der Waals surface area contributed by atoms with Crippen LogP contribution >= 0.6 is 15.6 Å². The fourth-order valence-corrected chi connectivity index (χ4v) is 11.2. The molecule has 0 radical (unpaired) electrons. The Hall–Kier alpha value is -5.06. The number of unbranched alkanes of at least 4 members (excludes halogenated alkanes) is 21. The van der Waals surface area contributed by atoms with Crippen LogP contribution in [-0.4, -0.2) is 96.7 Å². The van der Waals surface area contributed by atoms with Crippen LogP contribution in [0.3, 0.4) is 0 Å². The normalized spacial score (nSPS) is 14.8. The van der Waals surface area contributed by atoms with Crippen LogP contribution in [-0.2, 0) is 65.4 Å². The topological polar surface area (TPSA) is 237 Å². The molecule has 5 atom stereocenters. The molecule has 0 aromatic rings. The molecule has 570 valence electrons. The van der Waals surface area contributed by atoms with Gasteiger partial charge in [0.25, 0.3) is 0 Å². The Kier molecular flexibility index (Phi) is 68.6. The Balaban J connectivity index is 5.42. The van der Waals surface area contributed by atoms with Gasteiger partial charge in [0.15, 0.2) is 12.2 Å². The summed E-state index contributed by atoms with van der Waals surface area (Å²) in [5.74, 6) is -2.36. The fourth-order valence-electron chi connectivity index (χ4n) is 9.65. The molecule has 17 nitrogen and oxygen atoms in total. The van der Waals surface area contributed by atoms with E-state index in [2.05, 4.69) is 149 Å². The van der Waals surface area contributed by atoms with Gasteiger partial charge in [-0.05, 0) is 122 Å². The van der Waals surface area contributed by atoms with Gasteiger partial charge in [-0.2, -0.15) is 0 Å². The number of hydrogen-bond acceptors (Lipinski definition) is 15. The number of esters is 4. The summed E-state index contributed by atoms with van der Waals surface area (Å²) in [6, 6.07) is 0. The summed E-state index contributed by atoms with van der Waals surface area (Å²) in [6.45, 7) is 4.36. The van der Waals surface area contributed by atoms with Crippen LogP contribution in [0.4, 0.5) is 0 Å². The standard InChI is InChI=1S/C81H134O17P2/c1-5-9-13-17-21-25-29-32-35-37-40-42-46-49-53-57-61-65-78(83)91-71-76(97-80(85)67-63-59-55-51-45-28-24-20-16-12-8-4)73-95-99(87,88)93-69-75(82)70-94-100(89,90)96-74-77(98-81(86)68-64-60-56-52-48-44-39-34-31-27-23-19-15-11-7-3)72-92-79(84)66-62-58-54-50-47-43-41-38-36-33-30-26-22-18-14-10-6-2/h9-11,13-15,21-23,25-27,32-36,39,41,43,48,52,60,64,75-77,82H,5-8,12,16-20,24,28-31,37-38,40,42,44-47,49-51,53-59,61-63,65-74H2,1-4H3,(H,87,88)(H,89,90)/b13-9-,14-10-,15-11-,25-21-,26-22-,27-23-,35-32-,36-33-,39-34-,43-41-,52-48-,64-60-. The van der Waals surface area contributed by atoms with E-state index in [1.54, 1.807) is 12.2 Å². The molecule has 0 aliphatic heterocycles. The van der Waals surface area contributed by atoms with Crippen molar-refractivity contribution in [2.75, 3.05) is 39.6 Å². The molecule has 0 aromatic carbocycles. The first kappa shape index (κ1) is 94.9. The molecular weight excluding hydrogens is 1310 g/mol. The van der Waals surface area contributed by atoms with E-state index < -0.39 is 97.5 Å². The minimum Gasteiger partial charge on any atom is -0.462 e. The molecule has 0 bridgehead atoms. The monoisotopic (exact) mass is 1440 g/mol. The lowest BCUT2D eigenvalue weighted by molar-refractivity contribution is -0.161. The Morgan fingerprint density at radius 3 is 0.890 bits per heavy atom. The van der Waals surface area contributed by atoms with Crippen LogP contribution in [0.5, 0.6) is 0 Å². The predicted molar refractivity (Wildman–Crippen MR) is 408 cm³/mol. The van der Waals surface area contributed by atoms with E-state index in [1.165, 1.54) is 38.5 Å². The van der Waals surface area contributed by atoms with Crippen molar-refractivity contribution >= 4 is 39.5 Å². The van der Waals surface area contributed by atoms with Crippen LogP contribution in [0.1, 0.15) is 285 Å². The van der Waals surface area contributed by atoms with Crippen molar-refractivity contribution in [3.63, 3.8) is 0 Å². The molecule has 0 aromatic heterocycles. The lowest BCUT2D eigenvalue weighted by Crippen LogP contribution is -2.30. The first-order valence-electron chi connectivity index (χ1n) is 38.1. The van der Waals surface area contributed by atoms with E-state index in [1.807, 2.05) is 12.2 Å². The number of hydrogen-bond donors (Lipinski definition) is 3. The lowest BCUT2D eigenvalue weighted by atomic mass is 10.1. The largest absolute Gasteiger partial charge is 0.472 e. The summed E-state index contributed by atoms with van der Waals surface area (Å²) in [4.78, 5) is 72.8.